The van der Waals surface area contributed by atoms with Crippen molar-refractivity contribution in [2.24, 2.45) is 0 Å². The van der Waals surface area contributed by atoms with Crippen molar-refractivity contribution in [3.63, 3.8) is 0 Å². The second-order valence-corrected chi connectivity index (χ2v) is 3.30. The average Bonchev–Trinajstić information content (AvgIpc) is 2.20. The summed E-state index contributed by atoms with van der Waals surface area (Å²) in [6.45, 7) is 2.09. The molecule has 1 aliphatic rings. The maximum Gasteiger partial charge on any atom is 0.0695 e. The summed E-state index contributed by atoms with van der Waals surface area (Å²) in [4.78, 5) is 0. The maximum atomic E-state index is 3.34. The molecule has 0 spiro atoms. The molecule has 1 unspecified atom stereocenters. The minimum absolute atomic E-state index is 0.338. The summed E-state index contributed by atoms with van der Waals surface area (Å²) >= 11 is 0. The third-order valence-corrected chi connectivity index (χ3v) is 2.20. The molecule has 1 nitrogen and oxygen atoms in total. The van der Waals surface area contributed by atoms with Crippen LogP contribution >= 0.6 is 0 Å². The fraction of sp³-hybridized carbons (Fsp3) is 0.167. The predicted molar refractivity (Wildman–Crippen MR) is 55.2 cm³/mol. The molecule has 1 heterocycles. The molecule has 1 atom stereocenters. The van der Waals surface area contributed by atoms with Gasteiger partial charge in [0.15, 0.2) is 0 Å². The number of allylic oxidation sites excluding steroid dienone is 2. The quantitative estimate of drug-likeness (QED) is 0.685. The fourth-order valence-electron chi connectivity index (χ4n) is 1.44. The lowest BCUT2D eigenvalue weighted by Gasteiger charge is -2.17. The van der Waals surface area contributed by atoms with Gasteiger partial charge in [0.2, 0.25) is 0 Å². The van der Waals surface area contributed by atoms with E-state index in [1.807, 2.05) is 6.07 Å². The van der Waals surface area contributed by atoms with E-state index in [0.717, 1.165) is 0 Å². The predicted octanol–water partition coefficient (Wildman–Crippen LogP) is 2.79. The van der Waals surface area contributed by atoms with Crippen LogP contribution in [0.4, 0.5) is 0 Å². The molecule has 66 valence electrons. The van der Waals surface area contributed by atoms with Gasteiger partial charge in [-0.1, -0.05) is 42.5 Å². The van der Waals surface area contributed by atoms with Crippen LogP contribution in [0, 0.1) is 0 Å². The zero-order valence-corrected chi connectivity index (χ0v) is 7.70. The smallest absolute Gasteiger partial charge is 0.0695 e. The average molecular weight is 171 g/mol. The first-order chi connectivity index (χ1) is 6.36. The zero-order valence-electron chi connectivity index (χ0n) is 7.70. The summed E-state index contributed by atoms with van der Waals surface area (Å²) < 4.78 is 0. The van der Waals surface area contributed by atoms with Gasteiger partial charge in [-0.15, -0.1) is 0 Å². The topological polar surface area (TPSA) is 12.0 Å². The SMILES string of the molecule is CC1=CNC(c2ccccc2)C=C1. The van der Waals surface area contributed by atoms with Crippen LogP contribution in [0.2, 0.25) is 0 Å². The van der Waals surface area contributed by atoms with Gasteiger partial charge in [-0.3, -0.25) is 0 Å². The summed E-state index contributed by atoms with van der Waals surface area (Å²) in [5.41, 5.74) is 2.58. The Balaban J connectivity index is 2.18. The van der Waals surface area contributed by atoms with Crippen LogP contribution in [-0.2, 0) is 0 Å². The monoisotopic (exact) mass is 171 g/mol. The van der Waals surface area contributed by atoms with Gasteiger partial charge < -0.3 is 5.32 Å². The van der Waals surface area contributed by atoms with E-state index in [0.29, 0.717) is 6.04 Å². The second kappa shape index (κ2) is 3.48. The molecule has 0 saturated carbocycles. The number of hydrogen-bond acceptors (Lipinski definition) is 1. The minimum atomic E-state index is 0.338. The van der Waals surface area contributed by atoms with Crippen molar-refractivity contribution in [1.82, 2.24) is 5.32 Å². The summed E-state index contributed by atoms with van der Waals surface area (Å²) in [5.74, 6) is 0. The van der Waals surface area contributed by atoms with Crippen LogP contribution < -0.4 is 5.32 Å². The van der Waals surface area contributed by atoms with Crippen molar-refractivity contribution in [2.45, 2.75) is 13.0 Å². The van der Waals surface area contributed by atoms with Gasteiger partial charge in [-0.25, -0.2) is 0 Å². The summed E-state index contributed by atoms with van der Waals surface area (Å²) in [6, 6.07) is 10.8. The molecular weight excluding hydrogens is 158 g/mol. The third-order valence-electron chi connectivity index (χ3n) is 2.20. The van der Waals surface area contributed by atoms with E-state index in [1.165, 1.54) is 11.1 Å². The molecule has 1 aromatic carbocycles. The Bertz CT molecular complexity index is 335. The van der Waals surface area contributed by atoms with E-state index in [1.54, 1.807) is 0 Å². The molecule has 1 N–H and O–H groups in total. The lowest BCUT2D eigenvalue weighted by atomic mass is 10.0. The normalized spacial score (nSPS) is 20.7. The highest BCUT2D eigenvalue weighted by Gasteiger charge is 2.06. The Kier molecular flexibility index (Phi) is 2.17. The number of rotatable bonds is 1. The van der Waals surface area contributed by atoms with E-state index in [-0.39, 0.29) is 0 Å². The third kappa shape index (κ3) is 1.81. The first-order valence-electron chi connectivity index (χ1n) is 4.52. The Morgan fingerprint density at radius 1 is 1.15 bits per heavy atom. The zero-order chi connectivity index (χ0) is 9.10. The van der Waals surface area contributed by atoms with Crippen LogP contribution in [0.1, 0.15) is 18.5 Å². The van der Waals surface area contributed by atoms with E-state index in [4.69, 9.17) is 0 Å². The van der Waals surface area contributed by atoms with Gasteiger partial charge in [0, 0.05) is 6.20 Å². The van der Waals surface area contributed by atoms with E-state index in [2.05, 4.69) is 54.9 Å². The Morgan fingerprint density at radius 2 is 1.92 bits per heavy atom. The van der Waals surface area contributed by atoms with Crippen molar-refractivity contribution in [3.8, 4) is 0 Å². The maximum absolute atomic E-state index is 3.34. The largest absolute Gasteiger partial charge is 0.380 e. The van der Waals surface area contributed by atoms with Crippen LogP contribution in [0.25, 0.3) is 0 Å². The Morgan fingerprint density at radius 3 is 2.54 bits per heavy atom. The summed E-state index contributed by atoms with van der Waals surface area (Å²) in [5, 5.41) is 3.34. The molecule has 0 saturated heterocycles. The Hall–Kier alpha value is -1.50. The molecule has 13 heavy (non-hydrogen) atoms. The van der Waals surface area contributed by atoms with Gasteiger partial charge >= 0.3 is 0 Å². The van der Waals surface area contributed by atoms with E-state index >= 15 is 0 Å². The van der Waals surface area contributed by atoms with Crippen LogP contribution in [0.3, 0.4) is 0 Å². The van der Waals surface area contributed by atoms with Crippen molar-refractivity contribution >= 4 is 0 Å². The number of hydrogen-bond donors (Lipinski definition) is 1. The first-order valence-corrected chi connectivity index (χ1v) is 4.52. The van der Waals surface area contributed by atoms with Crippen molar-refractivity contribution in [3.05, 3.63) is 59.8 Å². The highest BCUT2D eigenvalue weighted by molar-refractivity contribution is 5.30. The first kappa shape index (κ1) is 8.11. The van der Waals surface area contributed by atoms with Crippen LogP contribution in [-0.4, -0.2) is 0 Å². The summed E-state index contributed by atoms with van der Waals surface area (Å²) in [7, 11) is 0. The molecule has 0 amide bonds. The van der Waals surface area contributed by atoms with Crippen LogP contribution in [0.15, 0.2) is 54.3 Å². The highest BCUT2D eigenvalue weighted by atomic mass is 14.9. The minimum Gasteiger partial charge on any atom is -0.380 e. The van der Waals surface area contributed by atoms with Gasteiger partial charge in [0.05, 0.1) is 6.04 Å². The van der Waals surface area contributed by atoms with Gasteiger partial charge in [0.1, 0.15) is 0 Å². The fourth-order valence-corrected chi connectivity index (χ4v) is 1.44. The highest BCUT2D eigenvalue weighted by Crippen LogP contribution is 2.17. The molecular formula is C12H13N. The van der Waals surface area contributed by atoms with Gasteiger partial charge in [-0.05, 0) is 18.1 Å². The van der Waals surface area contributed by atoms with Crippen LogP contribution in [0.5, 0.6) is 0 Å². The molecule has 0 bridgehead atoms. The summed E-state index contributed by atoms with van der Waals surface area (Å²) in [6.07, 6.45) is 6.39. The number of benzene rings is 1. The van der Waals surface area contributed by atoms with Crippen molar-refractivity contribution < 1.29 is 0 Å². The number of dihydropyridines is 1. The second-order valence-electron chi connectivity index (χ2n) is 3.30. The van der Waals surface area contributed by atoms with E-state index in [9.17, 15) is 0 Å². The van der Waals surface area contributed by atoms with Gasteiger partial charge in [-0.2, -0.15) is 0 Å². The van der Waals surface area contributed by atoms with Crippen molar-refractivity contribution in [1.29, 1.82) is 0 Å². The molecule has 0 aromatic heterocycles. The Labute approximate surface area is 78.8 Å². The molecule has 1 aromatic rings. The van der Waals surface area contributed by atoms with Gasteiger partial charge in [0.25, 0.3) is 0 Å². The molecule has 1 heteroatoms. The lowest BCUT2D eigenvalue weighted by molar-refractivity contribution is 0.739. The lowest BCUT2D eigenvalue weighted by Crippen LogP contribution is -2.15. The molecule has 0 radical (unpaired) electrons. The standard InChI is InChI=1S/C12H13N/c1-10-7-8-12(13-9-10)11-5-3-2-4-6-11/h2-9,12-13H,1H3. The molecule has 0 fully saturated rings. The molecule has 1 aliphatic heterocycles. The molecule has 0 aliphatic carbocycles. The van der Waals surface area contributed by atoms with E-state index < -0.39 is 0 Å². The number of nitrogens with one attached hydrogen (secondary N) is 1. The molecule has 2 rings (SSSR count). The van der Waals surface area contributed by atoms with Crippen molar-refractivity contribution in [2.75, 3.05) is 0 Å².